The lowest BCUT2D eigenvalue weighted by Crippen LogP contribution is -1.88. The van der Waals surface area contributed by atoms with Crippen LogP contribution in [-0.4, -0.2) is 0 Å². The van der Waals surface area contributed by atoms with Crippen molar-refractivity contribution in [2.24, 2.45) is 0 Å². The van der Waals surface area contributed by atoms with Gasteiger partial charge < -0.3 is 0 Å². The van der Waals surface area contributed by atoms with Crippen molar-refractivity contribution in [2.45, 2.75) is 59.8 Å². The van der Waals surface area contributed by atoms with E-state index in [9.17, 15) is 0 Å². The second-order valence-electron chi connectivity index (χ2n) is 7.26. The molecule has 0 atom stereocenters. The molecule has 0 N–H and O–H groups in total. The van der Waals surface area contributed by atoms with Crippen LogP contribution in [0.3, 0.4) is 0 Å². The molecule has 0 fully saturated rings. The molecule has 0 saturated carbocycles. The summed E-state index contributed by atoms with van der Waals surface area (Å²) in [6.45, 7) is 16.5. The Morgan fingerprint density at radius 2 is 1.67 bits per heavy atom. The lowest BCUT2D eigenvalue weighted by molar-refractivity contribution is 0.925. The van der Waals surface area contributed by atoms with Crippen LogP contribution in [-0.2, 0) is 6.42 Å². The standard InChI is InChI=1S/C27H36/c1-7-12-27-20-19-25(21-26(27)9-3)18-17-24(8-2)16-11-15-23(6)14-10-13-22(4)5/h7-9,12-13,15,17,19-21H,2-3,10-11,14,16,18H2,1,4-6H3/b12-7-,23-15+,24-17+. The highest BCUT2D eigenvalue weighted by atomic mass is 14.0. The Labute approximate surface area is 167 Å². The highest BCUT2D eigenvalue weighted by molar-refractivity contribution is 5.65. The molecule has 0 heteroatoms. The summed E-state index contributed by atoms with van der Waals surface area (Å²) < 4.78 is 0. The van der Waals surface area contributed by atoms with Gasteiger partial charge in [-0.25, -0.2) is 0 Å². The van der Waals surface area contributed by atoms with Crippen molar-refractivity contribution >= 4 is 12.2 Å². The molecule has 0 saturated heterocycles. The highest BCUT2D eigenvalue weighted by Gasteiger charge is 1.99. The predicted octanol–water partition coefficient (Wildman–Crippen LogP) is 8.49. The fraction of sp³-hybridized carbons (Fsp3) is 0.333. The third-order valence-corrected chi connectivity index (χ3v) is 4.60. The first kappa shape index (κ1) is 22.7. The fourth-order valence-electron chi connectivity index (χ4n) is 2.97. The maximum absolute atomic E-state index is 3.99. The highest BCUT2D eigenvalue weighted by Crippen LogP contribution is 2.18. The van der Waals surface area contributed by atoms with Crippen LogP contribution < -0.4 is 0 Å². The van der Waals surface area contributed by atoms with E-state index < -0.39 is 0 Å². The van der Waals surface area contributed by atoms with Gasteiger partial charge in [0.2, 0.25) is 0 Å². The van der Waals surface area contributed by atoms with Crippen LogP contribution in [0, 0.1) is 0 Å². The quantitative estimate of drug-likeness (QED) is 0.274. The van der Waals surface area contributed by atoms with Crippen LogP contribution in [0.5, 0.6) is 0 Å². The molecule has 0 aromatic heterocycles. The summed E-state index contributed by atoms with van der Waals surface area (Å²) in [5.41, 5.74) is 7.92. The summed E-state index contributed by atoms with van der Waals surface area (Å²) in [6.07, 6.45) is 20.5. The first-order valence-corrected chi connectivity index (χ1v) is 9.98. The third kappa shape index (κ3) is 9.24. The van der Waals surface area contributed by atoms with E-state index in [1.54, 1.807) is 0 Å². The van der Waals surface area contributed by atoms with Gasteiger partial charge in [0.1, 0.15) is 0 Å². The molecule has 144 valence electrons. The topological polar surface area (TPSA) is 0 Å². The van der Waals surface area contributed by atoms with E-state index in [1.165, 1.54) is 33.4 Å². The Morgan fingerprint density at radius 1 is 0.926 bits per heavy atom. The molecular formula is C27H36. The van der Waals surface area contributed by atoms with Crippen molar-refractivity contribution in [3.63, 3.8) is 0 Å². The van der Waals surface area contributed by atoms with Gasteiger partial charge in [-0.2, -0.15) is 0 Å². The molecule has 0 spiro atoms. The van der Waals surface area contributed by atoms with E-state index in [-0.39, 0.29) is 0 Å². The van der Waals surface area contributed by atoms with Gasteiger partial charge in [-0.15, -0.1) is 0 Å². The van der Waals surface area contributed by atoms with Crippen LogP contribution in [0.25, 0.3) is 12.2 Å². The van der Waals surface area contributed by atoms with Gasteiger partial charge in [-0.3, -0.25) is 0 Å². The van der Waals surface area contributed by atoms with Gasteiger partial charge in [-0.1, -0.05) is 90.6 Å². The Morgan fingerprint density at radius 3 is 2.30 bits per heavy atom. The molecule has 1 rings (SSSR count). The molecule has 0 aliphatic carbocycles. The van der Waals surface area contributed by atoms with Gasteiger partial charge in [0.05, 0.1) is 0 Å². The molecule has 0 nitrogen and oxygen atoms in total. The van der Waals surface area contributed by atoms with Gasteiger partial charge >= 0.3 is 0 Å². The zero-order valence-corrected chi connectivity index (χ0v) is 17.7. The largest absolute Gasteiger partial charge is 0.0988 e. The first-order valence-electron chi connectivity index (χ1n) is 9.98. The zero-order valence-electron chi connectivity index (χ0n) is 17.7. The number of rotatable bonds is 11. The number of benzene rings is 1. The smallest absolute Gasteiger partial charge is 0.00914 e. The molecular weight excluding hydrogens is 324 g/mol. The summed E-state index contributed by atoms with van der Waals surface area (Å²) in [5.74, 6) is 0. The van der Waals surface area contributed by atoms with Crippen LogP contribution in [0.4, 0.5) is 0 Å². The van der Waals surface area contributed by atoms with Crippen molar-refractivity contribution in [1.82, 2.24) is 0 Å². The van der Waals surface area contributed by atoms with E-state index in [2.05, 4.69) is 82.5 Å². The van der Waals surface area contributed by atoms with Crippen molar-refractivity contribution in [3.05, 3.63) is 95.1 Å². The second-order valence-corrected chi connectivity index (χ2v) is 7.26. The molecule has 0 heterocycles. The Bertz CT molecular complexity index is 731. The zero-order chi connectivity index (χ0) is 20.1. The SMILES string of the molecule is C=C/C(=C\Cc1ccc(/C=C\C)c(C=C)c1)CC/C=C(\C)CCC=C(C)C. The maximum Gasteiger partial charge on any atom is -0.00914 e. The van der Waals surface area contributed by atoms with E-state index in [0.29, 0.717) is 0 Å². The molecule has 1 aromatic carbocycles. The number of allylic oxidation sites excluding steroid dienone is 8. The molecule has 0 amide bonds. The van der Waals surface area contributed by atoms with Crippen LogP contribution in [0.2, 0.25) is 0 Å². The van der Waals surface area contributed by atoms with Crippen molar-refractivity contribution in [2.75, 3.05) is 0 Å². The molecule has 0 bridgehead atoms. The van der Waals surface area contributed by atoms with Crippen molar-refractivity contribution < 1.29 is 0 Å². The summed E-state index contributed by atoms with van der Waals surface area (Å²) >= 11 is 0. The molecule has 0 aliphatic heterocycles. The fourth-order valence-corrected chi connectivity index (χ4v) is 2.97. The van der Waals surface area contributed by atoms with Gasteiger partial charge in [0, 0.05) is 0 Å². The van der Waals surface area contributed by atoms with E-state index in [1.807, 2.05) is 19.1 Å². The van der Waals surface area contributed by atoms with Gasteiger partial charge in [0.15, 0.2) is 0 Å². The number of hydrogen-bond acceptors (Lipinski definition) is 0. The Balaban J connectivity index is 2.64. The molecule has 1 aromatic rings. The third-order valence-electron chi connectivity index (χ3n) is 4.60. The molecule has 0 aliphatic rings. The van der Waals surface area contributed by atoms with Crippen molar-refractivity contribution in [1.29, 1.82) is 0 Å². The lowest BCUT2D eigenvalue weighted by Gasteiger charge is -2.06. The van der Waals surface area contributed by atoms with Crippen LogP contribution in [0.15, 0.2) is 78.5 Å². The van der Waals surface area contributed by atoms with Gasteiger partial charge in [0.25, 0.3) is 0 Å². The Kier molecular flexibility index (Phi) is 10.9. The van der Waals surface area contributed by atoms with Gasteiger partial charge in [-0.05, 0) is 76.5 Å². The normalized spacial score (nSPS) is 12.3. The van der Waals surface area contributed by atoms with Crippen LogP contribution >= 0.6 is 0 Å². The first-order chi connectivity index (χ1) is 13.0. The predicted molar refractivity (Wildman–Crippen MR) is 125 cm³/mol. The summed E-state index contributed by atoms with van der Waals surface area (Å²) in [5, 5.41) is 0. The van der Waals surface area contributed by atoms with Crippen molar-refractivity contribution in [3.8, 4) is 0 Å². The molecule has 27 heavy (non-hydrogen) atoms. The summed E-state index contributed by atoms with van der Waals surface area (Å²) in [6, 6.07) is 6.60. The Hall–Kier alpha value is -2.34. The van der Waals surface area contributed by atoms with Crippen LogP contribution in [0.1, 0.15) is 70.1 Å². The monoisotopic (exact) mass is 360 g/mol. The average molecular weight is 361 g/mol. The number of hydrogen-bond donors (Lipinski definition) is 0. The minimum absolute atomic E-state index is 0.932. The average Bonchev–Trinajstić information content (AvgIpc) is 2.65. The minimum atomic E-state index is 0.932. The minimum Gasteiger partial charge on any atom is -0.0988 e. The van der Waals surface area contributed by atoms with E-state index in [0.717, 1.165) is 32.1 Å². The lowest BCUT2D eigenvalue weighted by atomic mass is 9.99. The van der Waals surface area contributed by atoms with E-state index in [4.69, 9.17) is 0 Å². The molecule has 0 radical (unpaired) electrons. The molecule has 0 unspecified atom stereocenters. The summed E-state index contributed by atoms with van der Waals surface area (Å²) in [4.78, 5) is 0. The maximum atomic E-state index is 3.99. The summed E-state index contributed by atoms with van der Waals surface area (Å²) in [7, 11) is 0. The van der Waals surface area contributed by atoms with E-state index >= 15 is 0 Å². The second kappa shape index (κ2) is 12.9.